The van der Waals surface area contributed by atoms with Crippen molar-refractivity contribution in [3.63, 3.8) is 0 Å². The van der Waals surface area contributed by atoms with Gasteiger partial charge in [0.2, 0.25) is 5.16 Å². The topological polar surface area (TPSA) is 100 Å². The van der Waals surface area contributed by atoms with Gasteiger partial charge in [-0.25, -0.2) is 0 Å². The van der Waals surface area contributed by atoms with Crippen LogP contribution in [0.2, 0.25) is 0 Å². The van der Waals surface area contributed by atoms with E-state index in [0.29, 0.717) is 11.7 Å². The summed E-state index contributed by atoms with van der Waals surface area (Å²) in [6.07, 6.45) is 2.95. The molecule has 1 atom stereocenters. The summed E-state index contributed by atoms with van der Waals surface area (Å²) in [7, 11) is -1.24. The van der Waals surface area contributed by atoms with Crippen molar-refractivity contribution < 1.29 is 13.9 Å². The number of nitro benzene ring substituents is 1. The zero-order valence-electron chi connectivity index (χ0n) is 10.6. The molecule has 0 aliphatic heterocycles. The fraction of sp³-hybridized carbons (Fsp3) is 0.273. The number of benzene rings is 1. The van der Waals surface area contributed by atoms with Crippen molar-refractivity contribution in [1.82, 2.24) is 14.8 Å². The van der Waals surface area contributed by atoms with Gasteiger partial charge in [0, 0.05) is 12.3 Å². The first-order valence-corrected chi connectivity index (χ1v) is 7.23. The maximum absolute atomic E-state index is 11.4. The first kappa shape index (κ1) is 14.1. The Morgan fingerprint density at radius 3 is 2.90 bits per heavy atom. The van der Waals surface area contributed by atoms with Crippen molar-refractivity contribution in [2.45, 2.75) is 11.7 Å². The number of hydrogen-bond donors (Lipinski definition) is 0. The molecule has 1 aromatic heterocycles. The van der Waals surface area contributed by atoms with Crippen LogP contribution < -0.4 is 4.74 Å². The van der Waals surface area contributed by atoms with E-state index in [2.05, 4.69) is 10.2 Å². The smallest absolute Gasteiger partial charge is 0.310 e. The number of hydrogen-bond acceptors (Lipinski definition) is 6. The zero-order chi connectivity index (χ0) is 14.5. The van der Waals surface area contributed by atoms with Crippen molar-refractivity contribution in [1.29, 1.82) is 0 Å². The third-order valence-corrected chi connectivity index (χ3v) is 3.32. The molecule has 2 rings (SSSR count). The maximum atomic E-state index is 11.4. The lowest BCUT2D eigenvalue weighted by Gasteiger charge is -2.07. The summed E-state index contributed by atoms with van der Waals surface area (Å²) in [6, 6.07) is 6.14. The van der Waals surface area contributed by atoms with E-state index in [4.69, 9.17) is 4.74 Å². The lowest BCUT2D eigenvalue weighted by atomic mass is 10.3. The quantitative estimate of drug-likeness (QED) is 0.582. The molecule has 0 radical (unpaired) electrons. The molecule has 106 valence electrons. The van der Waals surface area contributed by atoms with E-state index in [1.807, 2.05) is 0 Å². The molecule has 0 saturated carbocycles. The predicted octanol–water partition coefficient (Wildman–Crippen LogP) is 1.00. The molecule has 1 aromatic carbocycles. The number of rotatable bonds is 6. The van der Waals surface area contributed by atoms with Crippen LogP contribution in [-0.2, 0) is 17.3 Å². The molecule has 20 heavy (non-hydrogen) atoms. The molecule has 0 amide bonds. The third-order valence-electron chi connectivity index (χ3n) is 2.49. The summed E-state index contributed by atoms with van der Waals surface area (Å²) in [5.74, 6) is 0.199. The van der Waals surface area contributed by atoms with Gasteiger partial charge in [-0.1, -0.05) is 12.1 Å². The van der Waals surface area contributed by atoms with E-state index in [9.17, 15) is 14.3 Å². The second kappa shape index (κ2) is 6.24. The van der Waals surface area contributed by atoms with Gasteiger partial charge in [0.25, 0.3) is 0 Å². The SMILES string of the molecule is CS(=O)c1nncn1CCOc1ccccc1[N+](=O)[O-]. The average Bonchev–Trinajstić information content (AvgIpc) is 2.87. The third kappa shape index (κ3) is 3.18. The lowest BCUT2D eigenvalue weighted by molar-refractivity contribution is -0.385. The number of nitrogens with zero attached hydrogens (tertiary/aromatic N) is 4. The van der Waals surface area contributed by atoms with Crippen LogP contribution in [0, 0.1) is 10.1 Å². The molecular formula is C11H12N4O4S. The van der Waals surface area contributed by atoms with Gasteiger partial charge >= 0.3 is 5.69 Å². The van der Waals surface area contributed by atoms with E-state index in [-0.39, 0.29) is 18.0 Å². The Balaban J connectivity index is 2.01. The van der Waals surface area contributed by atoms with Crippen molar-refractivity contribution >= 4 is 16.5 Å². The Morgan fingerprint density at radius 2 is 2.20 bits per heavy atom. The van der Waals surface area contributed by atoms with Gasteiger partial charge in [-0.05, 0) is 6.07 Å². The van der Waals surface area contributed by atoms with E-state index in [0.717, 1.165) is 0 Å². The van der Waals surface area contributed by atoms with Crippen molar-refractivity contribution in [2.75, 3.05) is 12.9 Å². The zero-order valence-corrected chi connectivity index (χ0v) is 11.4. The molecule has 0 aliphatic rings. The fourth-order valence-electron chi connectivity index (χ4n) is 1.60. The van der Waals surface area contributed by atoms with Crippen LogP contribution in [0.15, 0.2) is 35.7 Å². The number of nitro groups is 1. The minimum atomic E-state index is -1.24. The Labute approximate surface area is 117 Å². The van der Waals surface area contributed by atoms with E-state index >= 15 is 0 Å². The summed E-state index contributed by atoms with van der Waals surface area (Å²) >= 11 is 0. The van der Waals surface area contributed by atoms with E-state index in [1.54, 1.807) is 16.7 Å². The summed E-state index contributed by atoms with van der Waals surface area (Å²) in [4.78, 5) is 10.3. The molecule has 0 N–H and O–H groups in total. The summed E-state index contributed by atoms with van der Waals surface area (Å²) in [5.41, 5.74) is -0.0875. The molecule has 1 heterocycles. The predicted molar refractivity (Wildman–Crippen MR) is 70.9 cm³/mol. The highest BCUT2D eigenvalue weighted by atomic mass is 32.2. The highest BCUT2D eigenvalue weighted by Gasteiger charge is 2.14. The summed E-state index contributed by atoms with van der Waals surface area (Å²) in [5, 5.41) is 18.6. The van der Waals surface area contributed by atoms with Crippen LogP contribution in [0.3, 0.4) is 0 Å². The second-order valence-electron chi connectivity index (χ2n) is 3.83. The molecule has 8 nitrogen and oxygen atoms in total. The van der Waals surface area contributed by atoms with Gasteiger partial charge in [-0.3, -0.25) is 14.3 Å². The van der Waals surface area contributed by atoms with Gasteiger partial charge in [0.15, 0.2) is 5.75 Å². The Kier molecular flexibility index (Phi) is 4.41. The number of aromatic nitrogens is 3. The second-order valence-corrected chi connectivity index (χ2v) is 5.11. The molecule has 0 saturated heterocycles. The minimum Gasteiger partial charge on any atom is -0.485 e. The molecule has 0 bridgehead atoms. The van der Waals surface area contributed by atoms with Crippen LogP contribution in [0.1, 0.15) is 0 Å². The molecular weight excluding hydrogens is 284 g/mol. The van der Waals surface area contributed by atoms with Gasteiger partial charge < -0.3 is 9.30 Å². The Bertz CT molecular complexity index is 643. The minimum absolute atomic E-state index is 0.0875. The first-order valence-electron chi connectivity index (χ1n) is 5.67. The van der Waals surface area contributed by atoms with Gasteiger partial charge in [0.1, 0.15) is 12.9 Å². The summed E-state index contributed by atoms with van der Waals surface area (Å²) in [6.45, 7) is 0.543. The molecule has 1 unspecified atom stereocenters. The fourth-order valence-corrected chi connectivity index (χ4v) is 2.24. The first-order chi connectivity index (χ1) is 9.59. The number of ether oxygens (including phenoxy) is 1. The van der Waals surface area contributed by atoms with Crippen LogP contribution in [0.5, 0.6) is 5.75 Å². The molecule has 2 aromatic rings. The summed E-state index contributed by atoms with van der Waals surface area (Å²) < 4.78 is 18.3. The van der Waals surface area contributed by atoms with Gasteiger partial charge in [0.05, 0.1) is 22.3 Å². The molecule has 0 fully saturated rings. The van der Waals surface area contributed by atoms with Crippen molar-refractivity contribution in [2.24, 2.45) is 0 Å². The lowest BCUT2D eigenvalue weighted by Crippen LogP contribution is -2.11. The highest BCUT2D eigenvalue weighted by Crippen LogP contribution is 2.25. The van der Waals surface area contributed by atoms with Crippen LogP contribution in [0.25, 0.3) is 0 Å². The van der Waals surface area contributed by atoms with E-state index in [1.165, 1.54) is 24.7 Å². The molecule has 9 heteroatoms. The maximum Gasteiger partial charge on any atom is 0.310 e. The monoisotopic (exact) mass is 296 g/mol. The number of para-hydroxylation sites is 2. The normalized spacial score (nSPS) is 12.1. The van der Waals surface area contributed by atoms with Crippen LogP contribution in [0.4, 0.5) is 5.69 Å². The molecule has 0 aliphatic carbocycles. The van der Waals surface area contributed by atoms with Crippen molar-refractivity contribution in [3.8, 4) is 5.75 Å². The van der Waals surface area contributed by atoms with Gasteiger partial charge in [-0.15, -0.1) is 10.2 Å². The van der Waals surface area contributed by atoms with E-state index < -0.39 is 15.7 Å². The largest absolute Gasteiger partial charge is 0.485 e. The van der Waals surface area contributed by atoms with Crippen LogP contribution >= 0.6 is 0 Å². The standard InChI is InChI=1S/C11H12N4O4S/c1-20(18)11-13-12-8-14(11)6-7-19-10-5-3-2-4-9(10)15(16)17/h2-5,8H,6-7H2,1H3. The average molecular weight is 296 g/mol. The van der Waals surface area contributed by atoms with Crippen LogP contribution in [-0.4, -0.2) is 36.8 Å². The van der Waals surface area contributed by atoms with Crippen molar-refractivity contribution in [3.05, 3.63) is 40.7 Å². The Morgan fingerprint density at radius 1 is 1.45 bits per heavy atom. The molecule has 0 spiro atoms. The highest BCUT2D eigenvalue weighted by molar-refractivity contribution is 7.84. The van der Waals surface area contributed by atoms with Gasteiger partial charge in [-0.2, -0.15) is 0 Å². The Hall–Kier alpha value is -2.29.